The molecule has 0 aliphatic rings. The molecule has 2 heteroatoms. The molecule has 0 aliphatic heterocycles. The van der Waals surface area contributed by atoms with Crippen molar-refractivity contribution in [3.63, 3.8) is 0 Å². The van der Waals surface area contributed by atoms with Crippen LogP contribution in [0.15, 0.2) is 36.5 Å². The summed E-state index contributed by atoms with van der Waals surface area (Å²) >= 11 is 0. The van der Waals surface area contributed by atoms with Crippen molar-refractivity contribution in [1.29, 1.82) is 0 Å². The lowest BCUT2D eigenvalue weighted by Gasteiger charge is -2.06. The molecule has 2 nitrogen and oxygen atoms in total. The van der Waals surface area contributed by atoms with E-state index in [0.29, 0.717) is 0 Å². The van der Waals surface area contributed by atoms with Gasteiger partial charge in [-0.25, -0.2) is 0 Å². The van der Waals surface area contributed by atoms with E-state index in [0.717, 1.165) is 26.2 Å². The summed E-state index contributed by atoms with van der Waals surface area (Å²) in [5.74, 6) is 0. The van der Waals surface area contributed by atoms with Crippen molar-refractivity contribution >= 4 is 10.9 Å². The highest BCUT2D eigenvalue weighted by atomic mass is 16.5. The maximum atomic E-state index is 5.58. The molecule has 16 heavy (non-hydrogen) atoms. The molecule has 0 saturated carbocycles. The Morgan fingerprint density at radius 1 is 1.12 bits per heavy atom. The van der Waals surface area contributed by atoms with Gasteiger partial charge in [-0.1, -0.05) is 31.5 Å². The van der Waals surface area contributed by atoms with E-state index >= 15 is 0 Å². The number of rotatable bonds is 6. The predicted octanol–water partition coefficient (Wildman–Crippen LogP) is 3.46. The molecule has 1 aromatic heterocycles. The minimum absolute atomic E-state index is 0.804. The van der Waals surface area contributed by atoms with Gasteiger partial charge in [-0.05, 0) is 23.9 Å². The fourth-order valence-electron chi connectivity index (χ4n) is 1.85. The van der Waals surface area contributed by atoms with Crippen molar-refractivity contribution in [1.82, 2.24) is 4.57 Å². The van der Waals surface area contributed by atoms with Crippen LogP contribution < -0.4 is 0 Å². The molecule has 0 N–H and O–H groups in total. The smallest absolute Gasteiger partial charge is 0.0645 e. The Morgan fingerprint density at radius 2 is 2.00 bits per heavy atom. The third kappa shape index (κ3) is 2.64. The second-order valence-electron chi connectivity index (χ2n) is 4.03. The van der Waals surface area contributed by atoms with Gasteiger partial charge in [0.25, 0.3) is 0 Å². The summed E-state index contributed by atoms with van der Waals surface area (Å²) in [7, 11) is 0. The first-order chi connectivity index (χ1) is 7.92. The van der Waals surface area contributed by atoms with Crippen LogP contribution >= 0.6 is 0 Å². The standard InChI is InChI=1S/C14H19NO/c1-2-3-11-16-12-10-15-9-8-13-6-4-5-7-14(13)15/h4-9H,2-3,10-12H2,1H3. The quantitative estimate of drug-likeness (QED) is 0.676. The van der Waals surface area contributed by atoms with Gasteiger partial charge in [0, 0.05) is 24.9 Å². The Labute approximate surface area is 96.8 Å². The van der Waals surface area contributed by atoms with Gasteiger partial charge in [0.1, 0.15) is 0 Å². The summed E-state index contributed by atoms with van der Waals surface area (Å²) in [5.41, 5.74) is 1.29. The van der Waals surface area contributed by atoms with Crippen molar-refractivity contribution in [2.24, 2.45) is 0 Å². The highest BCUT2D eigenvalue weighted by Crippen LogP contribution is 2.14. The third-order valence-electron chi connectivity index (χ3n) is 2.80. The van der Waals surface area contributed by atoms with Crippen molar-refractivity contribution in [2.75, 3.05) is 13.2 Å². The Morgan fingerprint density at radius 3 is 2.88 bits per heavy atom. The highest BCUT2D eigenvalue weighted by Gasteiger charge is 1.98. The minimum Gasteiger partial charge on any atom is -0.380 e. The number of hydrogen-bond acceptors (Lipinski definition) is 1. The van der Waals surface area contributed by atoms with Gasteiger partial charge in [0.05, 0.1) is 6.61 Å². The number of benzene rings is 1. The Hall–Kier alpha value is -1.28. The van der Waals surface area contributed by atoms with Gasteiger partial charge >= 0.3 is 0 Å². The van der Waals surface area contributed by atoms with Crippen molar-refractivity contribution in [2.45, 2.75) is 26.3 Å². The molecular weight excluding hydrogens is 198 g/mol. The SMILES string of the molecule is CCCCOCCn1ccc2ccccc21. The number of hydrogen-bond donors (Lipinski definition) is 0. The number of unbranched alkanes of at least 4 members (excludes halogenated alkanes) is 1. The van der Waals surface area contributed by atoms with Gasteiger partial charge in [0.15, 0.2) is 0 Å². The third-order valence-corrected chi connectivity index (χ3v) is 2.80. The maximum Gasteiger partial charge on any atom is 0.0645 e. The van der Waals surface area contributed by atoms with Gasteiger partial charge in [0.2, 0.25) is 0 Å². The molecule has 1 heterocycles. The van der Waals surface area contributed by atoms with Crippen molar-refractivity contribution in [3.05, 3.63) is 36.5 Å². The van der Waals surface area contributed by atoms with Crippen LogP contribution in [0.3, 0.4) is 0 Å². The van der Waals surface area contributed by atoms with Gasteiger partial charge in [-0.15, -0.1) is 0 Å². The largest absolute Gasteiger partial charge is 0.380 e. The number of nitrogens with zero attached hydrogens (tertiary/aromatic N) is 1. The predicted molar refractivity (Wildman–Crippen MR) is 67.7 cm³/mol. The highest BCUT2D eigenvalue weighted by molar-refractivity contribution is 5.79. The summed E-state index contributed by atoms with van der Waals surface area (Å²) in [5, 5.41) is 1.30. The number of para-hydroxylation sites is 1. The first-order valence-corrected chi connectivity index (χ1v) is 6.03. The zero-order chi connectivity index (χ0) is 11.2. The van der Waals surface area contributed by atoms with Crippen molar-refractivity contribution in [3.8, 4) is 0 Å². The number of aromatic nitrogens is 1. The molecule has 0 saturated heterocycles. The molecule has 2 aromatic rings. The lowest BCUT2D eigenvalue weighted by molar-refractivity contribution is 0.124. The number of ether oxygens (including phenoxy) is 1. The summed E-state index contributed by atoms with van der Waals surface area (Å²) < 4.78 is 7.83. The molecule has 0 atom stereocenters. The van der Waals surface area contributed by atoms with E-state index in [9.17, 15) is 0 Å². The second kappa shape index (κ2) is 5.71. The minimum atomic E-state index is 0.804. The molecule has 2 rings (SSSR count). The number of fused-ring (bicyclic) bond motifs is 1. The molecule has 1 aromatic carbocycles. The molecule has 0 bridgehead atoms. The van der Waals surface area contributed by atoms with Crippen molar-refractivity contribution < 1.29 is 4.74 Å². The van der Waals surface area contributed by atoms with Crippen LogP contribution in [-0.2, 0) is 11.3 Å². The molecule has 0 unspecified atom stereocenters. The van der Waals surface area contributed by atoms with E-state index in [1.54, 1.807) is 0 Å². The topological polar surface area (TPSA) is 14.2 Å². The Bertz CT molecular complexity index is 433. The zero-order valence-corrected chi connectivity index (χ0v) is 9.86. The summed E-state index contributed by atoms with van der Waals surface area (Å²) in [6, 6.07) is 10.6. The normalized spacial score (nSPS) is 11.1. The molecule has 0 amide bonds. The molecular formula is C14H19NO. The van der Waals surface area contributed by atoms with Gasteiger partial charge in [-0.3, -0.25) is 0 Å². The fraction of sp³-hybridized carbons (Fsp3) is 0.429. The lowest BCUT2D eigenvalue weighted by atomic mass is 10.2. The maximum absolute atomic E-state index is 5.58. The average molecular weight is 217 g/mol. The monoisotopic (exact) mass is 217 g/mol. The van der Waals surface area contributed by atoms with Crippen LogP contribution in [0.4, 0.5) is 0 Å². The summed E-state index contributed by atoms with van der Waals surface area (Å²) in [6.07, 6.45) is 4.49. The summed E-state index contributed by atoms with van der Waals surface area (Å²) in [6.45, 7) is 4.81. The lowest BCUT2D eigenvalue weighted by Crippen LogP contribution is -2.05. The van der Waals surface area contributed by atoms with Gasteiger partial charge < -0.3 is 9.30 Å². The first-order valence-electron chi connectivity index (χ1n) is 6.03. The molecule has 0 spiro atoms. The van der Waals surface area contributed by atoms with Crippen LogP contribution in [0.5, 0.6) is 0 Å². The van der Waals surface area contributed by atoms with E-state index in [4.69, 9.17) is 4.74 Å². The van der Waals surface area contributed by atoms with Crippen LogP contribution in [0, 0.1) is 0 Å². The zero-order valence-electron chi connectivity index (χ0n) is 9.86. The average Bonchev–Trinajstić information content (AvgIpc) is 2.73. The van der Waals surface area contributed by atoms with Crippen LogP contribution in [0.2, 0.25) is 0 Å². The molecule has 0 radical (unpaired) electrons. The van der Waals surface area contributed by atoms with E-state index in [2.05, 4.69) is 48.0 Å². The van der Waals surface area contributed by atoms with Crippen LogP contribution in [0.1, 0.15) is 19.8 Å². The van der Waals surface area contributed by atoms with E-state index < -0.39 is 0 Å². The van der Waals surface area contributed by atoms with E-state index in [-0.39, 0.29) is 0 Å². The Kier molecular flexibility index (Phi) is 4.00. The van der Waals surface area contributed by atoms with E-state index in [1.807, 2.05) is 0 Å². The molecule has 86 valence electrons. The van der Waals surface area contributed by atoms with Gasteiger partial charge in [-0.2, -0.15) is 0 Å². The van der Waals surface area contributed by atoms with Crippen LogP contribution in [-0.4, -0.2) is 17.8 Å². The fourth-order valence-corrected chi connectivity index (χ4v) is 1.85. The Balaban J connectivity index is 1.89. The molecule has 0 fully saturated rings. The molecule has 0 aliphatic carbocycles. The summed E-state index contributed by atoms with van der Waals surface area (Å²) in [4.78, 5) is 0. The first kappa shape index (κ1) is 11.2. The van der Waals surface area contributed by atoms with Crippen LogP contribution in [0.25, 0.3) is 10.9 Å². The van der Waals surface area contributed by atoms with E-state index in [1.165, 1.54) is 17.3 Å². The second-order valence-corrected chi connectivity index (χ2v) is 4.03.